The van der Waals surface area contributed by atoms with Crippen molar-refractivity contribution in [2.75, 3.05) is 38.7 Å². The van der Waals surface area contributed by atoms with Crippen molar-refractivity contribution in [3.63, 3.8) is 0 Å². The van der Waals surface area contributed by atoms with Crippen LogP contribution in [0, 0.1) is 10.5 Å². The van der Waals surface area contributed by atoms with Gasteiger partial charge in [0.25, 0.3) is 5.91 Å². The molecule has 0 bridgehead atoms. The van der Waals surface area contributed by atoms with Gasteiger partial charge in [-0.15, -0.1) is 0 Å². The van der Waals surface area contributed by atoms with Crippen LogP contribution in [0.1, 0.15) is 29.8 Å². The van der Waals surface area contributed by atoms with Gasteiger partial charge in [-0.1, -0.05) is 26.0 Å². The number of anilines is 1. The number of methoxy groups -OCH3 is 1. The second-order valence-corrected chi connectivity index (χ2v) is 7.21. The van der Waals surface area contributed by atoms with E-state index in [1.54, 1.807) is 7.11 Å². The number of carbonyl (C=O) groups excluding carboxylic acids is 1. The Morgan fingerprint density at radius 2 is 1.89 bits per heavy atom. The Kier molecular flexibility index (Phi) is 8.37. The molecule has 1 N–H and O–H groups in total. The minimum atomic E-state index is -0.137. The minimum absolute atomic E-state index is 0.137. The van der Waals surface area contributed by atoms with Gasteiger partial charge in [0.15, 0.2) is 11.5 Å². The largest absolute Gasteiger partial charge is 0.493 e. The van der Waals surface area contributed by atoms with E-state index in [0.717, 1.165) is 28.8 Å². The van der Waals surface area contributed by atoms with Crippen molar-refractivity contribution in [3.05, 3.63) is 51.1 Å². The molecule has 0 spiro atoms. The Balaban J connectivity index is 2.11. The molecule has 0 aliphatic heterocycles. The smallest absolute Gasteiger partial charge is 0.256 e. The first-order valence-corrected chi connectivity index (χ1v) is 10.2. The summed E-state index contributed by atoms with van der Waals surface area (Å²) in [6.07, 6.45) is 0. The van der Waals surface area contributed by atoms with Crippen molar-refractivity contribution in [2.24, 2.45) is 0 Å². The summed E-state index contributed by atoms with van der Waals surface area (Å²) in [5.74, 6) is 1.14. The first-order valence-electron chi connectivity index (χ1n) is 9.09. The van der Waals surface area contributed by atoms with Gasteiger partial charge in [0.1, 0.15) is 6.61 Å². The third kappa shape index (κ3) is 5.84. The number of ether oxygens (including phenoxy) is 2. The predicted octanol–water partition coefficient (Wildman–Crippen LogP) is 4.58. The second-order valence-electron chi connectivity index (χ2n) is 6.13. The molecule has 2 aromatic carbocycles. The van der Waals surface area contributed by atoms with Crippen molar-refractivity contribution >= 4 is 34.2 Å². The SMILES string of the molecule is CCN(CC)CCOc1cc(NC(=O)c2cccc(C)c2I)ccc1OC. The molecule has 0 aliphatic rings. The fourth-order valence-electron chi connectivity index (χ4n) is 2.71. The molecule has 0 atom stereocenters. The molecular formula is C21H27IN2O3. The van der Waals surface area contributed by atoms with E-state index in [0.29, 0.717) is 29.4 Å². The zero-order chi connectivity index (χ0) is 19.8. The average molecular weight is 482 g/mol. The van der Waals surface area contributed by atoms with E-state index >= 15 is 0 Å². The highest BCUT2D eigenvalue weighted by Gasteiger charge is 2.13. The molecule has 2 aromatic rings. The zero-order valence-electron chi connectivity index (χ0n) is 16.3. The number of halogens is 1. The van der Waals surface area contributed by atoms with Crippen molar-refractivity contribution < 1.29 is 14.3 Å². The summed E-state index contributed by atoms with van der Waals surface area (Å²) < 4.78 is 12.3. The van der Waals surface area contributed by atoms with Crippen LogP contribution in [0.15, 0.2) is 36.4 Å². The van der Waals surface area contributed by atoms with Gasteiger partial charge in [-0.25, -0.2) is 0 Å². The van der Waals surface area contributed by atoms with Gasteiger partial charge in [0, 0.05) is 21.9 Å². The van der Waals surface area contributed by atoms with Crippen LogP contribution in [-0.4, -0.2) is 44.2 Å². The van der Waals surface area contributed by atoms with Gasteiger partial charge in [-0.05, 0) is 66.4 Å². The molecule has 5 nitrogen and oxygen atoms in total. The lowest BCUT2D eigenvalue weighted by Crippen LogP contribution is -2.28. The predicted molar refractivity (Wildman–Crippen MR) is 118 cm³/mol. The summed E-state index contributed by atoms with van der Waals surface area (Å²) in [6.45, 7) is 9.64. The number of rotatable bonds is 9. The third-order valence-electron chi connectivity index (χ3n) is 4.42. The Labute approximate surface area is 175 Å². The monoisotopic (exact) mass is 482 g/mol. The van der Waals surface area contributed by atoms with Crippen LogP contribution in [0.4, 0.5) is 5.69 Å². The van der Waals surface area contributed by atoms with E-state index in [-0.39, 0.29) is 5.91 Å². The molecule has 1 amide bonds. The normalized spacial score (nSPS) is 10.7. The number of hydrogen-bond acceptors (Lipinski definition) is 4. The van der Waals surface area contributed by atoms with Crippen LogP contribution in [0.5, 0.6) is 11.5 Å². The number of hydrogen-bond donors (Lipinski definition) is 1. The van der Waals surface area contributed by atoms with Gasteiger partial charge >= 0.3 is 0 Å². The maximum atomic E-state index is 12.6. The Morgan fingerprint density at radius 3 is 2.56 bits per heavy atom. The van der Waals surface area contributed by atoms with Gasteiger partial charge in [0.05, 0.1) is 12.7 Å². The number of benzene rings is 2. The Bertz CT molecular complexity index is 776. The van der Waals surface area contributed by atoms with Crippen LogP contribution in [0.3, 0.4) is 0 Å². The van der Waals surface area contributed by atoms with E-state index in [1.807, 2.05) is 43.3 Å². The van der Waals surface area contributed by atoms with Crippen molar-refractivity contribution in [3.8, 4) is 11.5 Å². The van der Waals surface area contributed by atoms with E-state index in [9.17, 15) is 4.79 Å². The molecule has 0 unspecified atom stereocenters. The molecule has 0 saturated carbocycles. The maximum absolute atomic E-state index is 12.6. The molecule has 0 saturated heterocycles. The number of likely N-dealkylation sites (N-methyl/N-ethyl adjacent to an activating group) is 1. The number of nitrogens with zero attached hydrogens (tertiary/aromatic N) is 1. The fraction of sp³-hybridized carbons (Fsp3) is 0.381. The summed E-state index contributed by atoms with van der Waals surface area (Å²) in [7, 11) is 1.61. The topological polar surface area (TPSA) is 50.8 Å². The first kappa shape index (κ1) is 21.5. The van der Waals surface area contributed by atoms with Gasteiger partial charge in [-0.2, -0.15) is 0 Å². The summed E-state index contributed by atoms with van der Waals surface area (Å²) in [6, 6.07) is 11.1. The molecule has 6 heteroatoms. The molecule has 27 heavy (non-hydrogen) atoms. The molecule has 0 fully saturated rings. The van der Waals surface area contributed by atoms with Crippen LogP contribution in [0.2, 0.25) is 0 Å². The van der Waals surface area contributed by atoms with E-state index in [2.05, 4.69) is 46.7 Å². The summed E-state index contributed by atoms with van der Waals surface area (Å²) in [5.41, 5.74) is 2.42. The Hall–Kier alpha value is -1.80. The Morgan fingerprint density at radius 1 is 1.15 bits per heavy atom. The highest BCUT2D eigenvalue weighted by Crippen LogP contribution is 2.30. The van der Waals surface area contributed by atoms with Crippen molar-refractivity contribution in [1.82, 2.24) is 4.90 Å². The minimum Gasteiger partial charge on any atom is -0.493 e. The lowest BCUT2D eigenvalue weighted by atomic mass is 10.1. The number of aryl methyl sites for hydroxylation is 1. The van der Waals surface area contributed by atoms with Crippen molar-refractivity contribution in [2.45, 2.75) is 20.8 Å². The molecule has 2 rings (SSSR count). The highest BCUT2D eigenvalue weighted by atomic mass is 127. The van der Waals surface area contributed by atoms with E-state index in [4.69, 9.17) is 9.47 Å². The van der Waals surface area contributed by atoms with Gasteiger partial charge < -0.3 is 19.7 Å². The van der Waals surface area contributed by atoms with Gasteiger partial charge in [0.2, 0.25) is 0 Å². The number of nitrogens with one attached hydrogen (secondary N) is 1. The quantitative estimate of drug-likeness (QED) is 0.532. The molecular weight excluding hydrogens is 455 g/mol. The zero-order valence-corrected chi connectivity index (χ0v) is 18.5. The molecule has 0 heterocycles. The molecule has 0 aromatic heterocycles. The van der Waals surface area contributed by atoms with Crippen LogP contribution < -0.4 is 14.8 Å². The second kappa shape index (κ2) is 10.5. The number of carbonyl (C=O) groups is 1. The fourth-order valence-corrected chi connectivity index (χ4v) is 3.32. The first-order chi connectivity index (χ1) is 13.0. The van der Waals surface area contributed by atoms with E-state index in [1.165, 1.54) is 0 Å². The lowest BCUT2D eigenvalue weighted by Gasteiger charge is -2.19. The summed E-state index contributed by atoms with van der Waals surface area (Å²) >= 11 is 2.20. The van der Waals surface area contributed by atoms with Crippen LogP contribution in [0.25, 0.3) is 0 Å². The summed E-state index contributed by atoms with van der Waals surface area (Å²) in [5, 5.41) is 2.95. The molecule has 0 aliphatic carbocycles. The summed E-state index contributed by atoms with van der Waals surface area (Å²) in [4.78, 5) is 14.9. The average Bonchev–Trinajstić information content (AvgIpc) is 2.67. The number of amides is 1. The highest BCUT2D eigenvalue weighted by molar-refractivity contribution is 14.1. The van der Waals surface area contributed by atoms with Crippen molar-refractivity contribution in [1.29, 1.82) is 0 Å². The molecule has 0 radical (unpaired) electrons. The third-order valence-corrected chi connectivity index (χ3v) is 5.85. The maximum Gasteiger partial charge on any atom is 0.256 e. The lowest BCUT2D eigenvalue weighted by molar-refractivity contribution is 0.102. The van der Waals surface area contributed by atoms with Gasteiger partial charge in [-0.3, -0.25) is 4.79 Å². The van der Waals surface area contributed by atoms with E-state index < -0.39 is 0 Å². The standard InChI is InChI=1S/C21H27IN2O3/c1-5-24(6-2)12-13-27-19-14-16(10-11-18(19)26-4)23-21(25)17-9-7-8-15(3)20(17)22/h7-11,14H,5-6,12-13H2,1-4H3,(H,23,25). The molecule has 146 valence electrons. The van der Waals surface area contributed by atoms with Crippen LogP contribution >= 0.6 is 22.6 Å². The van der Waals surface area contributed by atoms with Crippen LogP contribution in [-0.2, 0) is 0 Å².